The molecular weight excluding hydrogens is 1220 g/mol. The minimum Gasteiger partial charge on any atom is -0.495 e. The van der Waals surface area contributed by atoms with Gasteiger partial charge in [0.2, 0.25) is 11.8 Å². The van der Waals surface area contributed by atoms with Crippen LogP contribution in [-0.4, -0.2) is 180 Å². The van der Waals surface area contributed by atoms with Crippen molar-refractivity contribution in [3.63, 3.8) is 0 Å². The van der Waals surface area contributed by atoms with Gasteiger partial charge < -0.3 is 58.7 Å². The largest absolute Gasteiger partial charge is 0.495 e. The van der Waals surface area contributed by atoms with E-state index in [1.165, 1.54) is 46.5 Å². The summed E-state index contributed by atoms with van der Waals surface area (Å²) < 4.78 is 69.6. The number of benzene rings is 3. The van der Waals surface area contributed by atoms with Crippen LogP contribution < -0.4 is 25.4 Å². The number of carbonyl (C=O) groups excluding carboxylic acids is 5. The molecule has 3 aromatic carbocycles. The molecule has 27 heteroatoms. The number of likely N-dealkylation sites (N-methyl/N-ethyl adjacent to an activating group) is 1. The zero-order valence-corrected chi connectivity index (χ0v) is 53.8. The Morgan fingerprint density at radius 1 is 1.08 bits per heavy atom. The minimum atomic E-state index is -3.94. The number of sulfone groups is 1. The van der Waals surface area contributed by atoms with Gasteiger partial charge in [-0.15, -0.1) is 0 Å². The fourth-order valence-electron chi connectivity index (χ4n) is 11.5. The van der Waals surface area contributed by atoms with E-state index in [0.29, 0.717) is 70.9 Å². The predicted octanol–water partition coefficient (Wildman–Crippen LogP) is 8.22. The van der Waals surface area contributed by atoms with Crippen molar-refractivity contribution >= 4 is 84.9 Å². The molecule has 3 fully saturated rings. The molecule has 2 aromatic heterocycles. The van der Waals surface area contributed by atoms with E-state index in [4.69, 9.17) is 55.6 Å². The number of nitrogens with one attached hydrogen (secondary N) is 1. The van der Waals surface area contributed by atoms with Gasteiger partial charge in [0.1, 0.15) is 76.7 Å². The first-order chi connectivity index (χ1) is 42.8. The Morgan fingerprint density at radius 3 is 2.53 bits per heavy atom. The molecule has 9 rings (SSSR count). The van der Waals surface area contributed by atoms with E-state index < -0.39 is 99.7 Å². The topological polar surface area (TPSA) is 299 Å². The number of likely N-dealkylation sites (tertiary alicyclic amines) is 1. The number of esters is 1. The lowest BCUT2D eigenvalue weighted by molar-refractivity contribution is -0.162. The number of allylic oxidation sites excluding steroid dienone is 3. The third-order valence-electron chi connectivity index (χ3n) is 17.0. The average Bonchev–Trinajstić information content (AvgIpc) is 1.58. The van der Waals surface area contributed by atoms with Crippen LogP contribution in [0.1, 0.15) is 71.4 Å². The number of halogens is 1. The van der Waals surface area contributed by atoms with Gasteiger partial charge in [-0.25, -0.2) is 37.5 Å². The number of rotatable bonds is 18. The van der Waals surface area contributed by atoms with Gasteiger partial charge in [0.05, 0.1) is 47.4 Å². The Balaban J connectivity index is 0.779. The van der Waals surface area contributed by atoms with Crippen molar-refractivity contribution in [2.45, 2.75) is 114 Å². The van der Waals surface area contributed by atoms with Gasteiger partial charge in [0.25, 0.3) is 0 Å². The van der Waals surface area contributed by atoms with Crippen molar-refractivity contribution in [2.24, 2.45) is 5.92 Å². The Kier molecular flexibility index (Phi) is 21.0. The maximum atomic E-state index is 14.4. The summed E-state index contributed by atoms with van der Waals surface area (Å²) in [5.41, 5.74) is 7.09. The van der Waals surface area contributed by atoms with Crippen LogP contribution in [0.2, 0.25) is 5.02 Å². The monoisotopic (exact) mass is 1300 g/mol. The standard InChI is InChI=1S/C63H76ClN9O15S2/c1-37-15-13-19-49(83-9)63(79)33-48(86-60(77)68-63)39(3)56-62(5,88-56)50(32-52(75)71(7)46-30-41(29-37)31-47(82-8)54(46)64)87-59(76)40(4)70(6)51(74)24-27-89-61(78)84-35-38(2)90(80,81)28-26-72-25-14-16-43(34-72)73-58-53(57(65)66-36-67-58)55(69-73)42-20-22-45(23-21-42)85-44-17-11-10-12-18-44/h10-13,15,17-23,30-31,36,39-40,43,48-50,56,79H,2,14,16,24-29,32-35H2,1,3-9H3,(H,68,77)(H2,65,66,67)/b19-13+,37-15+/t39-,40+,43-,48+,49-,50+,56+,62+,63+/m1/s1. The molecule has 90 heavy (non-hydrogen) atoms. The first-order valence-corrected chi connectivity index (χ1v) is 32.4. The number of nitrogen functional groups attached to an aromatic ring is 1. The molecular formula is C63H76ClN9O15S2. The molecule has 4 N–H and O–H groups in total. The Morgan fingerprint density at radius 2 is 1.81 bits per heavy atom. The Bertz CT molecular complexity index is 3690. The summed E-state index contributed by atoms with van der Waals surface area (Å²) in [6, 6.07) is 19.1. The zero-order chi connectivity index (χ0) is 64.8. The maximum Gasteiger partial charge on any atom is 0.409 e. The lowest BCUT2D eigenvalue weighted by Crippen LogP contribution is -2.63. The molecule has 3 saturated heterocycles. The van der Waals surface area contributed by atoms with Crippen LogP contribution in [-0.2, 0) is 54.3 Å². The molecule has 9 atom stereocenters. The van der Waals surface area contributed by atoms with Crippen LogP contribution in [0.15, 0.2) is 108 Å². The minimum absolute atomic E-state index is 0.0854. The number of hydrogen-bond acceptors (Lipinski definition) is 21. The number of hydrogen-bond donors (Lipinski definition) is 3. The summed E-state index contributed by atoms with van der Waals surface area (Å²) in [5, 5.41) is 19.3. The highest BCUT2D eigenvalue weighted by Crippen LogP contribution is 2.49. The number of ether oxygens (including phenoxy) is 7. The van der Waals surface area contributed by atoms with E-state index in [1.807, 2.05) is 77.2 Å². The highest BCUT2D eigenvalue weighted by atomic mass is 35.5. The number of methoxy groups -OCH3 is 2. The first kappa shape index (κ1) is 66.8. The second-order valence-electron chi connectivity index (χ2n) is 23.2. The van der Waals surface area contributed by atoms with Crippen LogP contribution in [0.3, 0.4) is 0 Å². The second-order valence-corrected chi connectivity index (χ2v) is 26.8. The quantitative estimate of drug-likeness (QED) is 0.0423. The summed E-state index contributed by atoms with van der Waals surface area (Å²) in [5.74, 6) is -0.990. The van der Waals surface area contributed by atoms with Crippen LogP contribution in [0.25, 0.3) is 22.3 Å². The van der Waals surface area contributed by atoms with Gasteiger partial charge in [0, 0.05) is 64.4 Å². The third-order valence-corrected chi connectivity index (χ3v) is 19.8. The molecule has 482 valence electrons. The van der Waals surface area contributed by atoms with E-state index in [0.717, 1.165) is 34.4 Å². The van der Waals surface area contributed by atoms with Gasteiger partial charge in [-0.05, 0) is 112 Å². The highest BCUT2D eigenvalue weighted by molar-refractivity contribution is 8.13. The average molecular weight is 1300 g/mol. The van der Waals surface area contributed by atoms with Crippen molar-refractivity contribution < 1.29 is 70.7 Å². The number of nitrogens with zero attached hydrogens (tertiary/aromatic N) is 7. The van der Waals surface area contributed by atoms with Crippen molar-refractivity contribution in [3.8, 4) is 28.5 Å². The number of aliphatic hydroxyl groups is 1. The summed E-state index contributed by atoms with van der Waals surface area (Å²) in [7, 11) is 1.84. The molecule has 4 aliphatic rings. The predicted molar refractivity (Wildman–Crippen MR) is 339 cm³/mol. The molecule has 4 bridgehead atoms. The van der Waals surface area contributed by atoms with Crippen molar-refractivity contribution in [2.75, 3.05) is 76.7 Å². The second kappa shape index (κ2) is 28.3. The number of nitrogens with two attached hydrogens (primary N) is 1. The molecule has 4 aliphatic heterocycles. The maximum absolute atomic E-state index is 14.4. The van der Waals surface area contributed by atoms with Gasteiger partial charge in [0.15, 0.2) is 21.2 Å². The number of carbonyl (C=O) groups is 5. The van der Waals surface area contributed by atoms with E-state index in [1.54, 1.807) is 38.1 Å². The van der Waals surface area contributed by atoms with Gasteiger partial charge >= 0.3 is 17.4 Å². The van der Waals surface area contributed by atoms with Gasteiger partial charge in [-0.2, -0.15) is 5.10 Å². The van der Waals surface area contributed by atoms with E-state index in [2.05, 4.69) is 21.9 Å². The molecule has 3 amide bonds. The molecule has 6 heterocycles. The number of aromatic nitrogens is 4. The van der Waals surface area contributed by atoms with Crippen LogP contribution in [0, 0.1) is 5.92 Å². The molecule has 0 radical (unpaired) electrons. The SMILES string of the molecule is C=C(COC(=O)SCCC(=O)N(C)[C@@H](C)C(=O)O[C@H]1CC(=O)N(C)c2cc(cc(OC)c2Cl)C/C(C)=C/C=C/[C@@H](OC)[C@@]2(O)C[C@H](OC(=O)N2)[C@@H](C)[C@@H]2O[C@@]12C)S(=O)(=O)CCN1CCC[C@@H](n2nc(-c3ccc(Oc4ccccc4)cc3)c3c(N)ncnc32)C1. The molecule has 24 nitrogen and oxygen atoms in total. The molecule has 0 saturated carbocycles. The molecule has 0 aliphatic carbocycles. The van der Waals surface area contributed by atoms with E-state index in [9.17, 15) is 37.5 Å². The van der Waals surface area contributed by atoms with Crippen LogP contribution >= 0.6 is 23.4 Å². The Labute approximate surface area is 531 Å². The number of thioether (sulfide) groups is 1. The summed E-state index contributed by atoms with van der Waals surface area (Å²) in [4.78, 5) is 81.3. The van der Waals surface area contributed by atoms with Crippen molar-refractivity contribution in [1.82, 2.24) is 34.9 Å². The smallest absolute Gasteiger partial charge is 0.409 e. The number of piperidine rings is 1. The number of anilines is 2. The van der Waals surface area contributed by atoms with Crippen molar-refractivity contribution in [1.29, 1.82) is 0 Å². The Hall–Kier alpha value is -7.59. The summed E-state index contributed by atoms with van der Waals surface area (Å²) in [6.07, 6.45) is 2.82. The third kappa shape index (κ3) is 15.2. The molecule has 0 spiro atoms. The van der Waals surface area contributed by atoms with Crippen LogP contribution in [0.4, 0.5) is 21.1 Å². The summed E-state index contributed by atoms with van der Waals surface area (Å²) >= 11 is 7.49. The fourth-order valence-corrected chi connectivity index (χ4v) is 13.4. The van der Waals surface area contributed by atoms with Crippen LogP contribution in [0.5, 0.6) is 17.2 Å². The van der Waals surface area contributed by atoms with E-state index >= 15 is 0 Å². The normalized spacial score (nSPS) is 25.3. The number of fused-ring (bicyclic) bond motifs is 6. The van der Waals surface area contributed by atoms with Crippen molar-refractivity contribution in [3.05, 3.63) is 119 Å². The van der Waals surface area contributed by atoms with Gasteiger partial charge in [-0.1, -0.05) is 67.1 Å². The van der Waals surface area contributed by atoms with E-state index in [-0.39, 0.29) is 52.7 Å². The molecule has 0 unspecified atom stereocenters. The summed E-state index contributed by atoms with van der Waals surface area (Å²) in [6.45, 7) is 11.2. The number of epoxide rings is 1. The number of alkyl carbamates (subject to hydrolysis) is 1. The lowest BCUT2D eigenvalue weighted by atomic mass is 9.83. The van der Waals surface area contributed by atoms with Gasteiger partial charge in [-0.3, -0.25) is 14.9 Å². The number of amides is 3. The lowest BCUT2D eigenvalue weighted by Gasteiger charge is -2.42. The first-order valence-electron chi connectivity index (χ1n) is 29.4. The fraction of sp³-hybridized carbons (Fsp3) is 0.460. The highest BCUT2D eigenvalue weighted by Gasteiger charge is 2.64. The molecule has 5 aromatic rings. The zero-order valence-electron chi connectivity index (χ0n) is 51.5. The number of para-hydroxylation sites is 1.